The van der Waals surface area contributed by atoms with E-state index < -0.39 is 5.97 Å². The van der Waals surface area contributed by atoms with Crippen LogP contribution in [0.2, 0.25) is 5.02 Å². The fourth-order valence-corrected chi connectivity index (χ4v) is 2.92. The summed E-state index contributed by atoms with van der Waals surface area (Å²) in [4.78, 5) is 17.6. The van der Waals surface area contributed by atoms with Gasteiger partial charge in [0.05, 0.1) is 11.4 Å². The van der Waals surface area contributed by atoms with Crippen molar-refractivity contribution < 1.29 is 22.3 Å². The smallest absolute Gasteiger partial charge is 0.306 e. The van der Waals surface area contributed by atoms with Crippen LogP contribution in [0.1, 0.15) is 12.8 Å². The Balaban J connectivity index is 0.00000161. The van der Waals surface area contributed by atoms with Crippen LogP contribution in [0.3, 0.4) is 0 Å². The van der Waals surface area contributed by atoms with Crippen molar-refractivity contribution in [3.63, 3.8) is 0 Å². The molecule has 2 aromatic rings. The van der Waals surface area contributed by atoms with Gasteiger partial charge in [-0.1, -0.05) is 11.6 Å². The number of aromatic nitrogens is 1. The molecule has 6 heteroatoms. The minimum Gasteiger partial charge on any atom is -1.00 e. The second-order valence-corrected chi connectivity index (χ2v) is 5.53. The number of carboxylic acids is 1. The van der Waals surface area contributed by atoms with E-state index in [1.165, 1.54) is 0 Å². The van der Waals surface area contributed by atoms with Gasteiger partial charge in [-0.2, -0.15) is 0 Å². The molecule has 112 valence electrons. The number of aliphatic carboxylic acids is 1. The summed E-state index contributed by atoms with van der Waals surface area (Å²) in [6.07, 6.45) is 3.15. The normalized spacial score (nSPS) is 15.8. The predicted octanol–water partition coefficient (Wildman–Crippen LogP) is 0.193. The first-order valence-corrected chi connectivity index (χ1v) is 7.05. The first-order chi connectivity index (χ1) is 9.65. The summed E-state index contributed by atoms with van der Waals surface area (Å²) in [5, 5.41) is 10.8. The number of benzene rings is 1. The molecule has 0 saturated carbocycles. The van der Waals surface area contributed by atoms with E-state index in [4.69, 9.17) is 16.7 Å². The van der Waals surface area contributed by atoms with Crippen molar-refractivity contribution >= 4 is 34.2 Å². The van der Waals surface area contributed by atoms with Gasteiger partial charge in [-0.3, -0.25) is 9.78 Å². The maximum Gasteiger partial charge on any atom is 0.306 e. The Morgan fingerprint density at radius 2 is 2.00 bits per heavy atom. The number of nitrogens with zero attached hydrogens (tertiary/aromatic N) is 2. The van der Waals surface area contributed by atoms with E-state index in [1.54, 1.807) is 6.20 Å². The minimum absolute atomic E-state index is 0. The third kappa shape index (κ3) is 3.22. The molecule has 0 unspecified atom stereocenters. The van der Waals surface area contributed by atoms with Crippen LogP contribution in [0.25, 0.3) is 10.9 Å². The first-order valence-electron chi connectivity index (χ1n) is 6.67. The summed E-state index contributed by atoms with van der Waals surface area (Å²) in [5.74, 6) is -0.898. The van der Waals surface area contributed by atoms with Crippen molar-refractivity contribution in [1.29, 1.82) is 0 Å². The van der Waals surface area contributed by atoms with E-state index in [-0.39, 0.29) is 18.3 Å². The first kappa shape index (κ1) is 15.9. The molecule has 0 aliphatic carbocycles. The quantitative estimate of drug-likeness (QED) is 0.856. The van der Waals surface area contributed by atoms with Gasteiger partial charge in [0.2, 0.25) is 0 Å². The molecule has 0 atom stereocenters. The molecular weight excluding hydrogens is 311 g/mol. The van der Waals surface area contributed by atoms with E-state index >= 15 is 0 Å². The number of halogens is 2. The monoisotopic (exact) mass is 325 g/mol. The number of carbonyl (C=O) groups is 1. The molecule has 1 aliphatic rings. The van der Waals surface area contributed by atoms with E-state index in [2.05, 4.69) is 9.88 Å². The van der Waals surface area contributed by atoms with Crippen molar-refractivity contribution in [2.24, 2.45) is 5.92 Å². The molecule has 0 amide bonds. The molecule has 1 aromatic heterocycles. The van der Waals surface area contributed by atoms with Gasteiger partial charge in [0.1, 0.15) is 0 Å². The average molecular weight is 326 g/mol. The molecule has 0 spiro atoms. The molecule has 1 saturated heterocycles. The zero-order chi connectivity index (χ0) is 14.1. The Morgan fingerprint density at radius 1 is 1.29 bits per heavy atom. The van der Waals surface area contributed by atoms with E-state index in [9.17, 15) is 4.79 Å². The molecule has 0 radical (unpaired) electrons. The van der Waals surface area contributed by atoms with Gasteiger partial charge in [-0.15, -0.1) is 0 Å². The van der Waals surface area contributed by atoms with E-state index in [0.29, 0.717) is 17.9 Å². The Bertz CT molecular complexity index is 655. The van der Waals surface area contributed by atoms with Gasteiger partial charge < -0.3 is 22.4 Å². The minimum atomic E-state index is -0.684. The average Bonchev–Trinajstić information content (AvgIpc) is 2.46. The standard InChI is InChI=1S/C15H15ClN2O2.ClH/c16-11-1-2-12-13(9-11)17-6-3-14(12)18-7-4-10(5-8-18)15(19)20;/h1-3,6,9-10H,4-5,7-8H2,(H,19,20);1H/p-1. The van der Waals surface area contributed by atoms with Crippen LogP contribution in [0.4, 0.5) is 5.69 Å². The van der Waals surface area contributed by atoms with E-state index in [0.717, 1.165) is 29.7 Å². The maximum atomic E-state index is 11.0. The summed E-state index contributed by atoms with van der Waals surface area (Å²) in [6, 6.07) is 7.67. The second-order valence-electron chi connectivity index (χ2n) is 5.09. The number of fused-ring (bicyclic) bond motifs is 1. The zero-order valence-corrected chi connectivity index (χ0v) is 12.8. The van der Waals surface area contributed by atoms with Crippen molar-refractivity contribution in [3.05, 3.63) is 35.5 Å². The number of carboxylic acid groups (broad SMARTS) is 1. The highest BCUT2D eigenvalue weighted by Gasteiger charge is 2.25. The van der Waals surface area contributed by atoms with Gasteiger partial charge in [-0.25, -0.2) is 0 Å². The summed E-state index contributed by atoms with van der Waals surface area (Å²) in [7, 11) is 0. The molecule has 2 heterocycles. The SMILES string of the molecule is O=C(O)C1CCN(c2ccnc3cc(Cl)ccc23)CC1.[Cl-]. The number of pyridine rings is 1. The Kier molecular flexibility index (Phi) is 4.91. The summed E-state index contributed by atoms with van der Waals surface area (Å²) in [6.45, 7) is 1.53. The predicted molar refractivity (Wildman–Crippen MR) is 79.3 cm³/mol. The van der Waals surface area contributed by atoms with Crippen LogP contribution in [-0.2, 0) is 4.79 Å². The second kappa shape index (κ2) is 6.50. The Labute approximate surface area is 134 Å². The van der Waals surface area contributed by atoms with Gasteiger partial charge in [0.25, 0.3) is 0 Å². The van der Waals surface area contributed by atoms with Gasteiger partial charge in [0, 0.05) is 35.4 Å². The number of anilines is 1. The lowest BCUT2D eigenvalue weighted by Gasteiger charge is -2.32. The van der Waals surface area contributed by atoms with Crippen molar-refractivity contribution in [2.75, 3.05) is 18.0 Å². The molecule has 1 fully saturated rings. The lowest BCUT2D eigenvalue weighted by molar-refractivity contribution is -0.142. The molecular formula is C15H15Cl2N2O2-. The molecule has 3 rings (SSSR count). The van der Waals surface area contributed by atoms with Crippen LogP contribution in [-0.4, -0.2) is 29.1 Å². The Hall–Kier alpha value is -1.52. The number of rotatable bonds is 2. The highest BCUT2D eigenvalue weighted by molar-refractivity contribution is 6.31. The highest BCUT2D eigenvalue weighted by atomic mass is 35.5. The molecule has 1 aromatic carbocycles. The summed E-state index contributed by atoms with van der Waals surface area (Å²) < 4.78 is 0. The van der Waals surface area contributed by atoms with Crippen LogP contribution in [0.5, 0.6) is 0 Å². The van der Waals surface area contributed by atoms with Crippen LogP contribution in [0.15, 0.2) is 30.5 Å². The number of hydrogen-bond donors (Lipinski definition) is 1. The van der Waals surface area contributed by atoms with Gasteiger partial charge in [0.15, 0.2) is 0 Å². The summed E-state index contributed by atoms with van der Waals surface area (Å²) in [5.41, 5.74) is 1.98. The lowest BCUT2D eigenvalue weighted by atomic mass is 9.96. The number of piperidine rings is 1. The maximum absolute atomic E-state index is 11.0. The Morgan fingerprint density at radius 3 is 2.67 bits per heavy atom. The van der Waals surface area contributed by atoms with Crippen molar-refractivity contribution in [3.8, 4) is 0 Å². The largest absolute Gasteiger partial charge is 1.00 e. The molecule has 1 aliphatic heterocycles. The highest BCUT2D eigenvalue weighted by Crippen LogP contribution is 2.30. The molecule has 4 nitrogen and oxygen atoms in total. The third-order valence-corrected chi connectivity index (χ3v) is 4.10. The fourth-order valence-electron chi connectivity index (χ4n) is 2.75. The van der Waals surface area contributed by atoms with Crippen LogP contribution >= 0.6 is 11.6 Å². The lowest BCUT2D eigenvalue weighted by Crippen LogP contribution is -3.00. The van der Waals surface area contributed by atoms with Crippen molar-refractivity contribution in [2.45, 2.75) is 12.8 Å². The zero-order valence-electron chi connectivity index (χ0n) is 11.3. The topological polar surface area (TPSA) is 53.4 Å². The van der Waals surface area contributed by atoms with Gasteiger partial charge in [-0.05, 0) is 37.1 Å². The molecule has 1 N–H and O–H groups in total. The fraction of sp³-hybridized carbons (Fsp3) is 0.333. The van der Waals surface area contributed by atoms with Crippen LogP contribution in [0, 0.1) is 5.92 Å². The van der Waals surface area contributed by atoms with E-state index in [1.807, 2.05) is 24.3 Å². The number of hydrogen-bond acceptors (Lipinski definition) is 3. The summed E-state index contributed by atoms with van der Waals surface area (Å²) >= 11 is 5.99. The molecule has 21 heavy (non-hydrogen) atoms. The van der Waals surface area contributed by atoms with Crippen molar-refractivity contribution in [1.82, 2.24) is 4.98 Å². The van der Waals surface area contributed by atoms with Crippen LogP contribution < -0.4 is 17.3 Å². The van der Waals surface area contributed by atoms with Gasteiger partial charge >= 0.3 is 5.97 Å². The molecule has 0 bridgehead atoms. The third-order valence-electron chi connectivity index (χ3n) is 3.87.